The number of nitrogens with zero attached hydrogens (tertiary/aromatic N) is 3. The molecule has 134 valence electrons. The zero-order valence-corrected chi connectivity index (χ0v) is 14.7. The molecule has 3 rings (SSSR count). The summed E-state index contributed by atoms with van der Waals surface area (Å²) in [5, 5.41) is 0. The normalized spacial score (nSPS) is 21.6. The molecule has 0 bridgehead atoms. The van der Waals surface area contributed by atoms with Gasteiger partial charge in [-0.2, -0.15) is 0 Å². The molecule has 0 aliphatic carbocycles. The molecule has 0 N–H and O–H groups in total. The van der Waals surface area contributed by atoms with E-state index in [-0.39, 0.29) is 30.8 Å². The van der Waals surface area contributed by atoms with Gasteiger partial charge in [-0.3, -0.25) is 14.4 Å². The quantitative estimate of drug-likeness (QED) is 0.816. The first-order chi connectivity index (χ1) is 12.1. The molecule has 3 amide bonds. The molecule has 2 aliphatic heterocycles. The second kappa shape index (κ2) is 7.68. The maximum atomic E-state index is 12.7. The van der Waals surface area contributed by atoms with Gasteiger partial charge in [0.15, 0.2) is 0 Å². The van der Waals surface area contributed by atoms with E-state index in [1.54, 1.807) is 7.05 Å². The molecule has 2 saturated heterocycles. The number of carbonyl (C=O) groups is 3. The van der Waals surface area contributed by atoms with Crippen molar-refractivity contribution in [2.24, 2.45) is 0 Å². The van der Waals surface area contributed by atoms with E-state index in [0.29, 0.717) is 6.42 Å². The molecular weight excluding hydrogens is 318 g/mol. The van der Waals surface area contributed by atoms with Crippen LogP contribution in [0.4, 0.5) is 0 Å². The first kappa shape index (κ1) is 17.5. The van der Waals surface area contributed by atoms with Crippen molar-refractivity contribution in [3.63, 3.8) is 0 Å². The van der Waals surface area contributed by atoms with Gasteiger partial charge in [0, 0.05) is 26.6 Å². The molecule has 2 aliphatic rings. The predicted molar refractivity (Wildman–Crippen MR) is 93.7 cm³/mol. The van der Waals surface area contributed by atoms with Crippen molar-refractivity contribution in [3.8, 4) is 0 Å². The van der Waals surface area contributed by atoms with Crippen LogP contribution in [0, 0.1) is 0 Å². The molecule has 0 radical (unpaired) electrons. The number of amides is 3. The van der Waals surface area contributed by atoms with Crippen LogP contribution in [0.5, 0.6) is 0 Å². The summed E-state index contributed by atoms with van der Waals surface area (Å²) in [5.41, 5.74) is 0.986. The molecule has 1 atom stereocenters. The van der Waals surface area contributed by atoms with Crippen molar-refractivity contribution in [2.45, 2.75) is 31.7 Å². The lowest BCUT2D eigenvalue weighted by atomic mass is 10.0. The molecule has 0 saturated carbocycles. The van der Waals surface area contributed by atoms with E-state index in [1.807, 2.05) is 35.2 Å². The van der Waals surface area contributed by atoms with Crippen LogP contribution < -0.4 is 0 Å². The fraction of sp³-hybridized carbons (Fsp3) is 0.526. The van der Waals surface area contributed by atoms with Gasteiger partial charge in [-0.1, -0.05) is 30.3 Å². The van der Waals surface area contributed by atoms with E-state index >= 15 is 0 Å². The molecule has 0 unspecified atom stereocenters. The molecule has 0 aromatic heterocycles. The molecule has 6 nitrogen and oxygen atoms in total. The van der Waals surface area contributed by atoms with Gasteiger partial charge >= 0.3 is 0 Å². The van der Waals surface area contributed by atoms with Crippen molar-refractivity contribution < 1.29 is 14.4 Å². The molecule has 1 aromatic rings. The lowest BCUT2D eigenvalue weighted by Crippen LogP contribution is -2.61. The Labute approximate surface area is 148 Å². The minimum Gasteiger partial charge on any atom is -0.341 e. The topological polar surface area (TPSA) is 60.9 Å². The van der Waals surface area contributed by atoms with E-state index in [2.05, 4.69) is 0 Å². The third-order valence-electron chi connectivity index (χ3n) is 5.02. The van der Waals surface area contributed by atoms with Crippen LogP contribution in [-0.2, 0) is 20.8 Å². The summed E-state index contributed by atoms with van der Waals surface area (Å²) in [6, 6.07) is 9.02. The van der Waals surface area contributed by atoms with Gasteiger partial charge in [0.1, 0.15) is 12.6 Å². The molecule has 25 heavy (non-hydrogen) atoms. The number of likely N-dealkylation sites (N-methyl/N-ethyl adjacent to an activating group) is 1. The Balaban J connectivity index is 1.76. The summed E-state index contributed by atoms with van der Waals surface area (Å²) < 4.78 is 0. The number of piperidine rings is 1. The van der Waals surface area contributed by atoms with Gasteiger partial charge in [-0.05, 0) is 24.8 Å². The largest absolute Gasteiger partial charge is 0.341 e. The zero-order chi connectivity index (χ0) is 17.8. The Bertz CT molecular complexity index is 641. The second-order valence-electron chi connectivity index (χ2n) is 6.86. The number of rotatable bonds is 4. The minimum absolute atomic E-state index is 0.00405. The maximum absolute atomic E-state index is 12.7. The lowest BCUT2D eigenvalue weighted by Gasteiger charge is -2.39. The van der Waals surface area contributed by atoms with Gasteiger partial charge in [-0.15, -0.1) is 0 Å². The molecule has 1 aromatic carbocycles. The summed E-state index contributed by atoms with van der Waals surface area (Å²) in [6.45, 7) is 1.53. The highest BCUT2D eigenvalue weighted by Crippen LogP contribution is 2.18. The molecular formula is C19H25N3O3. The van der Waals surface area contributed by atoms with Crippen molar-refractivity contribution >= 4 is 17.7 Å². The smallest absolute Gasteiger partial charge is 0.245 e. The average molecular weight is 343 g/mol. The standard InChI is InChI=1S/C19H25N3O3/c1-20-13-18(24)22(14-17(23)21-10-6-3-7-11-21)16(19(20)25)12-15-8-4-2-5-9-15/h2,4-5,8-9,16H,3,6-7,10-14H2,1H3/t16-/m1/s1. The molecule has 2 fully saturated rings. The van der Waals surface area contributed by atoms with E-state index in [4.69, 9.17) is 0 Å². The van der Waals surface area contributed by atoms with Gasteiger partial charge in [0.05, 0.1) is 6.54 Å². The van der Waals surface area contributed by atoms with E-state index in [1.165, 1.54) is 9.80 Å². The number of likely N-dealkylation sites (tertiary alicyclic amines) is 1. The summed E-state index contributed by atoms with van der Waals surface area (Å²) in [6.07, 6.45) is 3.60. The predicted octanol–water partition coefficient (Wildman–Crippen LogP) is 0.911. The van der Waals surface area contributed by atoms with Crippen LogP contribution in [0.2, 0.25) is 0 Å². The van der Waals surface area contributed by atoms with Gasteiger partial charge < -0.3 is 14.7 Å². The van der Waals surface area contributed by atoms with Crippen molar-refractivity contribution in [1.82, 2.24) is 14.7 Å². The second-order valence-corrected chi connectivity index (χ2v) is 6.86. The molecule has 6 heteroatoms. The van der Waals surface area contributed by atoms with Crippen LogP contribution in [0.25, 0.3) is 0 Å². The third kappa shape index (κ3) is 4.00. The lowest BCUT2D eigenvalue weighted by molar-refractivity contribution is -0.157. The van der Waals surface area contributed by atoms with Gasteiger partial charge in [0.25, 0.3) is 0 Å². The fourth-order valence-electron chi connectivity index (χ4n) is 3.56. The van der Waals surface area contributed by atoms with Crippen LogP contribution in [-0.4, -0.2) is 71.7 Å². The Morgan fingerprint density at radius 2 is 1.76 bits per heavy atom. The van der Waals surface area contributed by atoms with Crippen LogP contribution in [0.3, 0.4) is 0 Å². The first-order valence-electron chi connectivity index (χ1n) is 8.92. The summed E-state index contributed by atoms with van der Waals surface area (Å²) in [7, 11) is 1.64. The van der Waals surface area contributed by atoms with E-state index < -0.39 is 6.04 Å². The Morgan fingerprint density at radius 1 is 1.08 bits per heavy atom. The minimum atomic E-state index is -0.609. The monoisotopic (exact) mass is 343 g/mol. The number of hydrogen-bond donors (Lipinski definition) is 0. The Morgan fingerprint density at radius 3 is 2.44 bits per heavy atom. The summed E-state index contributed by atoms with van der Waals surface area (Å²) in [4.78, 5) is 42.5. The van der Waals surface area contributed by atoms with Crippen LogP contribution in [0.1, 0.15) is 24.8 Å². The van der Waals surface area contributed by atoms with Crippen LogP contribution >= 0.6 is 0 Å². The number of piperazine rings is 1. The Hall–Kier alpha value is -2.37. The molecule has 0 spiro atoms. The fourth-order valence-corrected chi connectivity index (χ4v) is 3.56. The highest BCUT2D eigenvalue weighted by Gasteiger charge is 2.39. The zero-order valence-electron chi connectivity index (χ0n) is 14.7. The van der Waals surface area contributed by atoms with E-state index in [9.17, 15) is 14.4 Å². The molecule has 2 heterocycles. The average Bonchev–Trinajstić information content (AvgIpc) is 2.64. The number of benzene rings is 1. The number of hydrogen-bond acceptors (Lipinski definition) is 3. The Kier molecular flexibility index (Phi) is 5.36. The van der Waals surface area contributed by atoms with Gasteiger partial charge in [-0.25, -0.2) is 0 Å². The SMILES string of the molecule is CN1CC(=O)N(CC(=O)N2CCCCC2)[C@H](Cc2ccccc2)C1=O. The highest BCUT2D eigenvalue weighted by molar-refractivity contribution is 5.97. The maximum Gasteiger partial charge on any atom is 0.245 e. The van der Waals surface area contributed by atoms with Crippen molar-refractivity contribution in [3.05, 3.63) is 35.9 Å². The van der Waals surface area contributed by atoms with Gasteiger partial charge in [0.2, 0.25) is 17.7 Å². The van der Waals surface area contributed by atoms with E-state index in [0.717, 1.165) is 37.9 Å². The number of carbonyl (C=O) groups excluding carboxylic acids is 3. The highest BCUT2D eigenvalue weighted by atomic mass is 16.2. The van der Waals surface area contributed by atoms with Crippen LogP contribution in [0.15, 0.2) is 30.3 Å². The van der Waals surface area contributed by atoms with Crippen molar-refractivity contribution in [2.75, 3.05) is 33.2 Å². The third-order valence-corrected chi connectivity index (χ3v) is 5.02. The first-order valence-corrected chi connectivity index (χ1v) is 8.92. The summed E-state index contributed by atoms with van der Waals surface area (Å²) in [5.74, 6) is -0.313. The summed E-state index contributed by atoms with van der Waals surface area (Å²) >= 11 is 0. The van der Waals surface area contributed by atoms with Crippen molar-refractivity contribution in [1.29, 1.82) is 0 Å².